The van der Waals surface area contributed by atoms with Gasteiger partial charge in [-0.3, -0.25) is 4.79 Å². The number of amides is 1. The smallest absolute Gasteiger partial charge is 0.228 e. The summed E-state index contributed by atoms with van der Waals surface area (Å²) in [6, 6.07) is 3.31. The summed E-state index contributed by atoms with van der Waals surface area (Å²) < 4.78 is 31.9. The lowest BCUT2D eigenvalue weighted by Gasteiger charge is -2.36. The molecule has 0 atom stereocenters. The van der Waals surface area contributed by atoms with E-state index >= 15 is 0 Å². The van der Waals surface area contributed by atoms with Crippen molar-refractivity contribution < 1.29 is 18.3 Å². The van der Waals surface area contributed by atoms with Gasteiger partial charge in [0.05, 0.1) is 5.92 Å². The van der Waals surface area contributed by atoms with Gasteiger partial charge in [-0.2, -0.15) is 0 Å². The maximum atomic E-state index is 13.5. The van der Waals surface area contributed by atoms with Gasteiger partial charge in [-0.05, 0) is 12.1 Å². The molecular formula is C15H18F2N2O2. The number of carbonyl (C=O) groups excluding carboxylic acids is 1. The summed E-state index contributed by atoms with van der Waals surface area (Å²) >= 11 is 0. The Labute approximate surface area is 122 Å². The molecule has 0 spiro atoms. The molecule has 2 aliphatic heterocycles. The summed E-state index contributed by atoms with van der Waals surface area (Å²) in [5, 5.41) is 3.09. The first-order valence-corrected chi connectivity index (χ1v) is 7.24. The van der Waals surface area contributed by atoms with E-state index in [2.05, 4.69) is 5.32 Å². The molecule has 4 nitrogen and oxygen atoms in total. The second-order valence-corrected chi connectivity index (χ2v) is 5.57. The molecule has 21 heavy (non-hydrogen) atoms. The first kappa shape index (κ1) is 14.3. The average molecular weight is 296 g/mol. The van der Waals surface area contributed by atoms with E-state index in [0.717, 1.165) is 19.2 Å². The second-order valence-electron chi connectivity index (χ2n) is 5.57. The predicted molar refractivity (Wildman–Crippen MR) is 72.9 cm³/mol. The predicted octanol–water partition coefficient (Wildman–Crippen LogP) is 1.55. The molecule has 2 saturated heterocycles. The molecule has 2 heterocycles. The average Bonchev–Trinajstić information content (AvgIpc) is 2.41. The molecular weight excluding hydrogens is 278 g/mol. The van der Waals surface area contributed by atoms with Crippen LogP contribution in [0.5, 0.6) is 5.75 Å². The number of likely N-dealkylation sites (tertiary alicyclic amines) is 1. The Kier molecular flexibility index (Phi) is 4.05. The molecule has 1 aromatic rings. The van der Waals surface area contributed by atoms with Gasteiger partial charge in [-0.1, -0.05) is 0 Å². The zero-order chi connectivity index (χ0) is 14.8. The van der Waals surface area contributed by atoms with Gasteiger partial charge in [0.25, 0.3) is 0 Å². The first-order chi connectivity index (χ1) is 10.1. The van der Waals surface area contributed by atoms with Crippen molar-refractivity contribution in [3.05, 3.63) is 29.8 Å². The molecule has 0 bridgehead atoms. The van der Waals surface area contributed by atoms with Gasteiger partial charge in [0.1, 0.15) is 11.9 Å². The van der Waals surface area contributed by atoms with Crippen LogP contribution in [-0.4, -0.2) is 43.1 Å². The number of hydrogen-bond acceptors (Lipinski definition) is 3. The van der Waals surface area contributed by atoms with Crippen LogP contribution < -0.4 is 10.1 Å². The minimum Gasteiger partial charge on any atom is -0.487 e. The van der Waals surface area contributed by atoms with E-state index < -0.39 is 11.6 Å². The van der Waals surface area contributed by atoms with Crippen molar-refractivity contribution in [1.82, 2.24) is 10.2 Å². The van der Waals surface area contributed by atoms with Crippen LogP contribution in [0.25, 0.3) is 0 Å². The topological polar surface area (TPSA) is 41.6 Å². The highest BCUT2D eigenvalue weighted by molar-refractivity contribution is 5.80. The molecule has 2 fully saturated rings. The summed E-state index contributed by atoms with van der Waals surface area (Å²) in [5.74, 6) is -0.926. The van der Waals surface area contributed by atoms with Crippen molar-refractivity contribution in [2.24, 2.45) is 5.92 Å². The molecule has 1 N–H and O–H groups in total. The van der Waals surface area contributed by atoms with Crippen LogP contribution in [0.2, 0.25) is 0 Å². The van der Waals surface area contributed by atoms with E-state index in [1.165, 1.54) is 12.1 Å². The van der Waals surface area contributed by atoms with Crippen molar-refractivity contribution in [3.63, 3.8) is 0 Å². The summed E-state index contributed by atoms with van der Waals surface area (Å²) in [6.07, 6.45) is 1.21. The lowest BCUT2D eigenvalue weighted by molar-refractivity contribution is -0.138. The Hall–Kier alpha value is -1.69. The number of ether oxygens (including phenoxy) is 1. The van der Waals surface area contributed by atoms with Crippen molar-refractivity contribution in [3.8, 4) is 5.75 Å². The van der Waals surface area contributed by atoms with Crippen LogP contribution in [0, 0.1) is 17.6 Å². The number of carbonyl (C=O) groups is 1. The molecule has 1 aromatic carbocycles. The molecule has 0 aliphatic carbocycles. The number of halogens is 2. The second kappa shape index (κ2) is 5.97. The van der Waals surface area contributed by atoms with Crippen molar-refractivity contribution in [2.75, 3.05) is 26.2 Å². The molecule has 1 amide bonds. The third kappa shape index (κ3) is 3.15. The van der Waals surface area contributed by atoms with Crippen molar-refractivity contribution in [1.29, 1.82) is 0 Å². The number of nitrogens with zero attached hydrogens (tertiary/aromatic N) is 1. The van der Waals surface area contributed by atoms with Gasteiger partial charge in [0.15, 0.2) is 11.6 Å². The van der Waals surface area contributed by atoms with Crippen molar-refractivity contribution >= 4 is 5.91 Å². The normalized spacial score (nSPS) is 20.2. The fourth-order valence-electron chi connectivity index (χ4n) is 2.67. The monoisotopic (exact) mass is 296 g/mol. The van der Waals surface area contributed by atoms with Crippen LogP contribution in [0.3, 0.4) is 0 Å². The van der Waals surface area contributed by atoms with E-state index in [4.69, 9.17) is 4.74 Å². The zero-order valence-corrected chi connectivity index (χ0v) is 11.6. The van der Waals surface area contributed by atoms with Gasteiger partial charge < -0.3 is 15.0 Å². The van der Waals surface area contributed by atoms with Crippen LogP contribution >= 0.6 is 0 Å². The Morgan fingerprint density at radius 3 is 2.52 bits per heavy atom. The Morgan fingerprint density at radius 1 is 1.24 bits per heavy atom. The Morgan fingerprint density at radius 2 is 1.95 bits per heavy atom. The highest BCUT2D eigenvalue weighted by Gasteiger charge is 2.32. The standard InChI is InChI=1S/C15H18F2N2O2/c16-11-1-2-14(13(17)7-11)21-12-3-5-19(6-4-12)15(20)10-8-18-9-10/h1-2,7,10,12,18H,3-6,8-9H2. The molecule has 0 radical (unpaired) electrons. The number of hydrogen-bond donors (Lipinski definition) is 1. The maximum absolute atomic E-state index is 13.5. The van der Waals surface area contributed by atoms with E-state index in [0.29, 0.717) is 25.9 Å². The number of piperidine rings is 1. The molecule has 3 rings (SSSR count). The molecule has 114 valence electrons. The van der Waals surface area contributed by atoms with Crippen LogP contribution in [0.4, 0.5) is 8.78 Å². The minimum absolute atomic E-state index is 0.0735. The van der Waals surface area contributed by atoms with Gasteiger partial charge in [-0.15, -0.1) is 0 Å². The van der Waals surface area contributed by atoms with Crippen molar-refractivity contribution in [2.45, 2.75) is 18.9 Å². The minimum atomic E-state index is -0.686. The summed E-state index contributed by atoms with van der Waals surface area (Å²) in [4.78, 5) is 13.9. The van der Waals surface area contributed by atoms with E-state index in [1.54, 1.807) is 0 Å². The Bertz CT molecular complexity index is 526. The first-order valence-electron chi connectivity index (χ1n) is 7.24. The zero-order valence-electron chi connectivity index (χ0n) is 11.6. The summed E-state index contributed by atoms with van der Waals surface area (Å²) in [7, 11) is 0. The lowest BCUT2D eigenvalue weighted by atomic mass is 9.99. The van der Waals surface area contributed by atoms with Gasteiger partial charge in [0, 0.05) is 45.1 Å². The SMILES string of the molecule is O=C(C1CNC1)N1CCC(Oc2ccc(F)cc2F)CC1. The Balaban J connectivity index is 1.52. The molecule has 0 unspecified atom stereocenters. The fraction of sp³-hybridized carbons (Fsp3) is 0.533. The van der Waals surface area contributed by atoms with E-state index in [1.807, 2.05) is 4.90 Å². The largest absolute Gasteiger partial charge is 0.487 e. The molecule has 0 aromatic heterocycles. The van der Waals surface area contributed by atoms with Gasteiger partial charge >= 0.3 is 0 Å². The van der Waals surface area contributed by atoms with Crippen LogP contribution in [0.15, 0.2) is 18.2 Å². The lowest BCUT2D eigenvalue weighted by Crippen LogP contribution is -2.54. The van der Waals surface area contributed by atoms with Gasteiger partial charge in [-0.25, -0.2) is 8.78 Å². The number of nitrogens with one attached hydrogen (secondary N) is 1. The van der Waals surface area contributed by atoms with E-state index in [-0.39, 0.29) is 23.7 Å². The molecule has 0 saturated carbocycles. The van der Waals surface area contributed by atoms with Crippen LogP contribution in [0.1, 0.15) is 12.8 Å². The third-order valence-corrected chi connectivity index (χ3v) is 4.07. The molecule has 2 aliphatic rings. The highest BCUT2D eigenvalue weighted by atomic mass is 19.1. The highest BCUT2D eigenvalue weighted by Crippen LogP contribution is 2.23. The third-order valence-electron chi connectivity index (χ3n) is 4.07. The number of benzene rings is 1. The number of rotatable bonds is 3. The summed E-state index contributed by atoms with van der Waals surface area (Å²) in [6.45, 7) is 2.78. The molecule has 6 heteroatoms. The van der Waals surface area contributed by atoms with Gasteiger partial charge in [0.2, 0.25) is 5.91 Å². The fourth-order valence-corrected chi connectivity index (χ4v) is 2.67. The van der Waals surface area contributed by atoms with Crippen LogP contribution in [-0.2, 0) is 4.79 Å². The maximum Gasteiger partial charge on any atom is 0.228 e. The quantitative estimate of drug-likeness (QED) is 0.920. The van der Waals surface area contributed by atoms with E-state index in [9.17, 15) is 13.6 Å². The summed E-state index contributed by atoms with van der Waals surface area (Å²) in [5.41, 5.74) is 0.